The molecule has 2 atom stereocenters. The molecule has 0 aliphatic carbocycles. The maximum atomic E-state index is 12.3. The third kappa shape index (κ3) is 3.11. The lowest BCUT2D eigenvalue weighted by Crippen LogP contribution is -2.47. The standard InChI is InChI=1S/C15H27N3O/c19-15(17-8-1-2-9-17)12-18-10-4-6-14(18)13-5-3-7-16-11-13/h13-14,16H,1-12H2. The van der Waals surface area contributed by atoms with Crippen LogP contribution in [0.4, 0.5) is 0 Å². The van der Waals surface area contributed by atoms with Gasteiger partial charge in [0.25, 0.3) is 0 Å². The summed E-state index contributed by atoms with van der Waals surface area (Å²) in [5.74, 6) is 1.13. The van der Waals surface area contributed by atoms with Crippen LogP contribution in [0, 0.1) is 5.92 Å². The predicted molar refractivity (Wildman–Crippen MR) is 76.0 cm³/mol. The summed E-state index contributed by atoms with van der Waals surface area (Å²) in [4.78, 5) is 16.8. The maximum absolute atomic E-state index is 12.3. The second-order valence-corrected chi connectivity index (χ2v) is 6.37. The number of hydrogen-bond donors (Lipinski definition) is 1. The lowest BCUT2D eigenvalue weighted by molar-refractivity contribution is -0.131. The third-order valence-electron chi connectivity index (χ3n) is 5.09. The summed E-state index contributed by atoms with van der Waals surface area (Å²) in [5, 5.41) is 3.52. The van der Waals surface area contributed by atoms with Crippen LogP contribution in [0.5, 0.6) is 0 Å². The molecule has 3 aliphatic heterocycles. The Balaban J connectivity index is 1.54. The number of carbonyl (C=O) groups excluding carboxylic acids is 1. The minimum atomic E-state index is 0.369. The van der Waals surface area contributed by atoms with Crippen molar-refractivity contribution in [3.8, 4) is 0 Å². The van der Waals surface area contributed by atoms with Gasteiger partial charge in [-0.25, -0.2) is 0 Å². The Morgan fingerprint density at radius 1 is 1.05 bits per heavy atom. The molecular formula is C15H27N3O. The molecule has 3 rings (SSSR count). The van der Waals surface area contributed by atoms with Crippen LogP contribution in [0.15, 0.2) is 0 Å². The van der Waals surface area contributed by atoms with Gasteiger partial charge in [-0.3, -0.25) is 9.69 Å². The number of nitrogens with one attached hydrogen (secondary N) is 1. The zero-order valence-corrected chi connectivity index (χ0v) is 11.9. The largest absolute Gasteiger partial charge is 0.342 e. The Bertz CT molecular complexity index is 309. The second kappa shape index (κ2) is 6.23. The van der Waals surface area contributed by atoms with Crippen LogP contribution < -0.4 is 5.32 Å². The third-order valence-corrected chi connectivity index (χ3v) is 5.09. The van der Waals surface area contributed by atoms with Gasteiger partial charge < -0.3 is 10.2 Å². The molecule has 19 heavy (non-hydrogen) atoms. The molecule has 1 N–H and O–H groups in total. The zero-order valence-electron chi connectivity index (χ0n) is 11.9. The molecule has 1 amide bonds. The van der Waals surface area contributed by atoms with Crippen LogP contribution in [0.3, 0.4) is 0 Å². The quantitative estimate of drug-likeness (QED) is 0.829. The van der Waals surface area contributed by atoms with Gasteiger partial charge in [-0.1, -0.05) is 0 Å². The Morgan fingerprint density at radius 2 is 1.89 bits per heavy atom. The van der Waals surface area contributed by atoms with Gasteiger partial charge in [-0.15, -0.1) is 0 Å². The summed E-state index contributed by atoms with van der Waals surface area (Å²) in [5.41, 5.74) is 0. The van der Waals surface area contributed by atoms with Gasteiger partial charge in [-0.2, -0.15) is 0 Å². The molecule has 3 saturated heterocycles. The van der Waals surface area contributed by atoms with Crippen LogP contribution in [-0.2, 0) is 4.79 Å². The number of rotatable bonds is 3. The van der Waals surface area contributed by atoms with E-state index in [1.165, 1.54) is 45.1 Å². The van der Waals surface area contributed by atoms with Gasteiger partial charge in [0.2, 0.25) is 5.91 Å². The van der Waals surface area contributed by atoms with Crippen LogP contribution in [0.2, 0.25) is 0 Å². The van der Waals surface area contributed by atoms with E-state index in [0.29, 0.717) is 18.5 Å². The Labute approximate surface area is 116 Å². The summed E-state index contributed by atoms with van der Waals surface area (Å²) in [6.07, 6.45) is 7.60. The topological polar surface area (TPSA) is 35.6 Å². The summed E-state index contributed by atoms with van der Waals surface area (Å²) in [6, 6.07) is 0.652. The molecule has 0 aromatic rings. The molecule has 3 aliphatic rings. The van der Waals surface area contributed by atoms with Crippen LogP contribution >= 0.6 is 0 Å². The average Bonchev–Trinajstić information content (AvgIpc) is 3.11. The monoisotopic (exact) mass is 265 g/mol. The fourth-order valence-electron chi connectivity index (χ4n) is 4.03. The van der Waals surface area contributed by atoms with Gasteiger partial charge in [-0.05, 0) is 64.1 Å². The fraction of sp³-hybridized carbons (Fsp3) is 0.933. The zero-order chi connectivity index (χ0) is 13.1. The first kappa shape index (κ1) is 13.4. The highest BCUT2D eigenvalue weighted by Gasteiger charge is 2.34. The Morgan fingerprint density at radius 3 is 2.63 bits per heavy atom. The molecule has 3 heterocycles. The van der Waals surface area contributed by atoms with Crippen molar-refractivity contribution in [1.29, 1.82) is 0 Å². The number of nitrogens with zero attached hydrogens (tertiary/aromatic N) is 2. The number of piperidine rings is 1. The van der Waals surface area contributed by atoms with E-state index in [4.69, 9.17) is 0 Å². The number of hydrogen-bond acceptors (Lipinski definition) is 3. The number of amides is 1. The number of likely N-dealkylation sites (tertiary alicyclic amines) is 2. The van der Waals surface area contributed by atoms with Crippen molar-refractivity contribution in [1.82, 2.24) is 15.1 Å². The molecule has 0 saturated carbocycles. The van der Waals surface area contributed by atoms with Crippen molar-refractivity contribution in [2.45, 2.75) is 44.6 Å². The minimum Gasteiger partial charge on any atom is -0.342 e. The smallest absolute Gasteiger partial charge is 0.236 e. The molecule has 0 aromatic carbocycles. The molecule has 4 nitrogen and oxygen atoms in total. The van der Waals surface area contributed by atoms with Gasteiger partial charge >= 0.3 is 0 Å². The first-order chi connectivity index (χ1) is 9.34. The first-order valence-electron chi connectivity index (χ1n) is 8.07. The SMILES string of the molecule is O=C(CN1CCCC1C1CCCNC1)N1CCCC1. The summed E-state index contributed by atoms with van der Waals surface area (Å²) in [6.45, 7) is 6.10. The van der Waals surface area contributed by atoms with Crippen LogP contribution in [0.1, 0.15) is 38.5 Å². The van der Waals surface area contributed by atoms with E-state index in [2.05, 4.69) is 15.1 Å². The van der Waals surface area contributed by atoms with E-state index in [1.54, 1.807) is 0 Å². The van der Waals surface area contributed by atoms with E-state index >= 15 is 0 Å². The van der Waals surface area contributed by atoms with E-state index in [1.807, 2.05) is 0 Å². The van der Waals surface area contributed by atoms with Crippen LogP contribution in [0.25, 0.3) is 0 Å². The van der Waals surface area contributed by atoms with Crippen molar-refractivity contribution < 1.29 is 4.79 Å². The normalized spacial score (nSPS) is 32.9. The molecule has 0 aromatic heterocycles. The van der Waals surface area contributed by atoms with E-state index in [9.17, 15) is 4.79 Å². The molecule has 3 fully saturated rings. The predicted octanol–water partition coefficient (Wildman–Crippen LogP) is 1.07. The molecular weight excluding hydrogens is 238 g/mol. The van der Waals surface area contributed by atoms with Gasteiger partial charge in [0.1, 0.15) is 0 Å². The van der Waals surface area contributed by atoms with Crippen molar-refractivity contribution in [2.24, 2.45) is 5.92 Å². The summed E-state index contributed by atoms with van der Waals surface area (Å²) >= 11 is 0. The Kier molecular flexibility index (Phi) is 4.38. The molecule has 4 heteroatoms. The summed E-state index contributed by atoms with van der Waals surface area (Å²) < 4.78 is 0. The molecule has 2 unspecified atom stereocenters. The van der Waals surface area contributed by atoms with E-state index in [0.717, 1.165) is 32.1 Å². The highest BCUT2D eigenvalue weighted by atomic mass is 16.2. The summed E-state index contributed by atoms with van der Waals surface area (Å²) in [7, 11) is 0. The lowest BCUT2D eigenvalue weighted by atomic mass is 9.90. The van der Waals surface area contributed by atoms with E-state index < -0.39 is 0 Å². The fourth-order valence-corrected chi connectivity index (χ4v) is 4.03. The van der Waals surface area contributed by atoms with Gasteiger partial charge in [0.15, 0.2) is 0 Å². The second-order valence-electron chi connectivity index (χ2n) is 6.37. The van der Waals surface area contributed by atoms with Crippen molar-refractivity contribution in [2.75, 3.05) is 39.3 Å². The Hall–Kier alpha value is -0.610. The molecule has 108 valence electrons. The van der Waals surface area contributed by atoms with E-state index in [-0.39, 0.29) is 0 Å². The highest BCUT2D eigenvalue weighted by Crippen LogP contribution is 2.28. The highest BCUT2D eigenvalue weighted by molar-refractivity contribution is 5.78. The minimum absolute atomic E-state index is 0.369. The van der Waals surface area contributed by atoms with Crippen LogP contribution in [-0.4, -0.2) is 61.0 Å². The molecule has 0 spiro atoms. The lowest BCUT2D eigenvalue weighted by Gasteiger charge is -2.34. The van der Waals surface area contributed by atoms with Gasteiger partial charge in [0, 0.05) is 19.1 Å². The molecule has 0 bridgehead atoms. The first-order valence-corrected chi connectivity index (χ1v) is 8.07. The molecule has 0 radical (unpaired) electrons. The van der Waals surface area contributed by atoms with Gasteiger partial charge in [0.05, 0.1) is 6.54 Å². The van der Waals surface area contributed by atoms with Crippen molar-refractivity contribution in [3.05, 3.63) is 0 Å². The number of carbonyl (C=O) groups is 1. The average molecular weight is 265 g/mol. The van der Waals surface area contributed by atoms with Crippen molar-refractivity contribution >= 4 is 5.91 Å². The van der Waals surface area contributed by atoms with Crippen molar-refractivity contribution in [3.63, 3.8) is 0 Å². The maximum Gasteiger partial charge on any atom is 0.236 e.